The van der Waals surface area contributed by atoms with Crippen molar-refractivity contribution in [1.82, 2.24) is 4.98 Å². The Labute approximate surface area is 103 Å². The number of carbonyl (C=O) groups is 1. The second-order valence-electron chi connectivity index (χ2n) is 3.27. The largest absolute Gasteiger partial charge is 0.461 e. The Morgan fingerprint density at radius 2 is 2.00 bits per heavy atom. The molecule has 1 aromatic heterocycles. The van der Waals surface area contributed by atoms with E-state index in [4.69, 9.17) is 0 Å². The highest BCUT2D eigenvalue weighted by Gasteiger charge is 2.41. The Morgan fingerprint density at radius 1 is 1.42 bits per heavy atom. The van der Waals surface area contributed by atoms with Crippen LogP contribution in [0.1, 0.15) is 35.1 Å². The van der Waals surface area contributed by atoms with Crippen LogP contribution in [0.15, 0.2) is 6.07 Å². The number of esters is 1. The van der Waals surface area contributed by atoms with E-state index < -0.39 is 41.3 Å². The SMILES string of the molecule is CCOC(=O)c1nc(C(F)F)cc(F)c1C(F)(F)F. The Kier molecular flexibility index (Phi) is 4.38. The molecular weight excluding hydrogens is 280 g/mol. The van der Waals surface area contributed by atoms with Crippen LogP contribution in [0.25, 0.3) is 0 Å². The summed E-state index contributed by atoms with van der Waals surface area (Å²) in [5, 5.41) is 0. The lowest BCUT2D eigenvalue weighted by atomic mass is 10.1. The number of alkyl halides is 5. The van der Waals surface area contributed by atoms with Gasteiger partial charge in [-0.1, -0.05) is 0 Å². The minimum Gasteiger partial charge on any atom is -0.461 e. The van der Waals surface area contributed by atoms with Crippen molar-refractivity contribution in [3.05, 3.63) is 28.8 Å². The lowest BCUT2D eigenvalue weighted by Crippen LogP contribution is -2.20. The monoisotopic (exact) mass is 287 g/mol. The molecule has 1 rings (SSSR count). The Bertz CT molecular complexity index is 486. The van der Waals surface area contributed by atoms with Crippen LogP contribution in [0.2, 0.25) is 0 Å². The van der Waals surface area contributed by atoms with Crippen molar-refractivity contribution >= 4 is 5.97 Å². The molecule has 1 aromatic rings. The maximum absolute atomic E-state index is 13.3. The highest BCUT2D eigenvalue weighted by Crippen LogP contribution is 2.35. The van der Waals surface area contributed by atoms with E-state index in [2.05, 4.69) is 9.72 Å². The van der Waals surface area contributed by atoms with Gasteiger partial charge in [0.25, 0.3) is 6.43 Å². The Balaban J connectivity index is 3.49. The number of ether oxygens (including phenoxy) is 1. The summed E-state index contributed by atoms with van der Waals surface area (Å²) in [4.78, 5) is 14.1. The van der Waals surface area contributed by atoms with Crippen molar-refractivity contribution in [3.8, 4) is 0 Å². The van der Waals surface area contributed by atoms with Crippen molar-refractivity contribution in [2.24, 2.45) is 0 Å². The van der Waals surface area contributed by atoms with Gasteiger partial charge in [0, 0.05) is 6.07 Å². The van der Waals surface area contributed by atoms with Gasteiger partial charge in [-0.25, -0.2) is 22.9 Å². The summed E-state index contributed by atoms with van der Waals surface area (Å²) >= 11 is 0. The third kappa shape index (κ3) is 3.36. The summed E-state index contributed by atoms with van der Waals surface area (Å²) in [5.74, 6) is -3.61. The first-order valence-electron chi connectivity index (χ1n) is 4.91. The zero-order chi connectivity index (χ0) is 14.8. The highest BCUT2D eigenvalue weighted by molar-refractivity contribution is 5.89. The van der Waals surface area contributed by atoms with Crippen molar-refractivity contribution in [3.63, 3.8) is 0 Å². The number of carbonyl (C=O) groups excluding carboxylic acids is 1. The second-order valence-corrected chi connectivity index (χ2v) is 3.27. The summed E-state index contributed by atoms with van der Waals surface area (Å²) in [5.41, 5.74) is -4.80. The predicted molar refractivity (Wildman–Crippen MR) is 50.1 cm³/mol. The van der Waals surface area contributed by atoms with Crippen LogP contribution in [-0.2, 0) is 10.9 Å². The van der Waals surface area contributed by atoms with E-state index in [1.54, 1.807) is 0 Å². The summed E-state index contributed by atoms with van der Waals surface area (Å²) in [6.45, 7) is 0.983. The topological polar surface area (TPSA) is 39.2 Å². The van der Waals surface area contributed by atoms with E-state index in [-0.39, 0.29) is 12.7 Å². The third-order valence-corrected chi connectivity index (χ3v) is 1.97. The molecule has 0 spiro atoms. The third-order valence-electron chi connectivity index (χ3n) is 1.97. The minimum absolute atomic E-state index is 0.0593. The standard InChI is InChI=1S/C10H7F6NO2/c1-2-19-9(18)7-6(10(14,15)16)4(11)3-5(17-7)8(12)13/h3,8H,2H2,1H3. The zero-order valence-electron chi connectivity index (χ0n) is 9.39. The van der Waals surface area contributed by atoms with Gasteiger partial charge >= 0.3 is 12.1 Å². The molecule has 0 bridgehead atoms. The highest BCUT2D eigenvalue weighted by atomic mass is 19.4. The van der Waals surface area contributed by atoms with Gasteiger partial charge in [0.05, 0.1) is 6.61 Å². The van der Waals surface area contributed by atoms with Gasteiger partial charge < -0.3 is 4.74 Å². The molecule has 0 amide bonds. The molecule has 1 heterocycles. The molecular formula is C10H7F6NO2. The summed E-state index contributed by atoms with van der Waals surface area (Å²) in [6.07, 6.45) is -8.57. The van der Waals surface area contributed by atoms with E-state index in [0.717, 1.165) is 0 Å². The van der Waals surface area contributed by atoms with E-state index in [1.807, 2.05) is 0 Å². The van der Waals surface area contributed by atoms with Crippen LogP contribution in [0.3, 0.4) is 0 Å². The molecule has 0 aliphatic heterocycles. The quantitative estimate of drug-likeness (QED) is 0.632. The van der Waals surface area contributed by atoms with E-state index in [9.17, 15) is 31.1 Å². The first kappa shape index (κ1) is 15.3. The van der Waals surface area contributed by atoms with E-state index >= 15 is 0 Å². The van der Waals surface area contributed by atoms with Gasteiger partial charge in [-0.05, 0) is 6.92 Å². The number of aromatic nitrogens is 1. The number of nitrogens with zero attached hydrogens (tertiary/aromatic N) is 1. The molecule has 3 nitrogen and oxygen atoms in total. The smallest absolute Gasteiger partial charge is 0.421 e. The average molecular weight is 287 g/mol. The van der Waals surface area contributed by atoms with Crippen molar-refractivity contribution < 1.29 is 35.9 Å². The minimum atomic E-state index is -5.25. The lowest BCUT2D eigenvalue weighted by molar-refractivity contribution is -0.140. The van der Waals surface area contributed by atoms with Gasteiger partial charge in [-0.3, -0.25) is 0 Å². The van der Waals surface area contributed by atoms with Crippen molar-refractivity contribution in [2.45, 2.75) is 19.5 Å². The van der Waals surface area contributed by atoms with Crippen LogP contribution in [0.5, 0.6) is 0 Å². The number of hydrogen-bond donors (Lipinski definition) is 0. The fourth-order valence-corrected chi connectivity index (χ4v) is 1.26. The van der Waals surface area contributed by atoms with E-state index in [1.165, 1.54) is 6.92 Å². The molecule has 0 unspecified atom stereocenters. The number of hydrogen-bond acceptors (Lipinski definition) is 3. The Hall–Kier alpha value is -1.80. The molecule has 0 saturated carbocycles. The molecule has 0 aliphatic carbocycles. The average Bonchev–Trinajstić information content (AvgIpc) is 2.26. The summed E-state index contributed by atoms with van der Waals surface area (Å²) in [7, 11) is 0. The second kappa shape index (κ2) is 5.45. The molecule has 9 heteroatoms. The fraction of sp³-hybridized carbons (Fsp3) is 0.400. The number of pyridine rings is 1. The maximum atomic E-state index is 13.3. The number of rotatable bonds is 3. The molecule has 0 saturated heterocycles. The maximum Gasteiger partial charge on any atom is 0.421 e. The van der Waals surface area contributed by atoms with Crippen molar-refractivity contribution in [1.29, 1.82) is 0 Å². The summed E-state index contributed by atoms with van der Waals surface area (Å²) < 4.78 is 79.9. The van der Waals surface area contributed by atoms with Gasteiger partial charge in [0.1, 0.15) is 17.1 Å². The van der Waals surface area contributed by atoms with Crippen LogP contribution >= 0.6 is 0 Å². The molecule has 0 fully saturated rings. The molecule has 106 valence electrons. The normalized spacial score (nSPS) is 11.8. The van der Waals surface area contributed by atoms with Gasteiger partial charge in [0.2, 0.25) is 0 Å². The first-order valence-corrected chi connectivity index (χ1v) is 4.91. The molecule has 0 N–H and O–H groups in total. The van der Waals surface area contributed by atoms with Crippen molar-refractivity contribution in [2.75, 3.05) is 6.61 Å². The summed E-state index contributed by atoms with van der Waals surface area (Å²) in [6, 6.07) is -0.0593. The predicted octanol–water partition coefficient (Wildman–Crippen LogP) is 3.35. The Morgan fingerprint density at radius 3 is 2.42 bits per heavy atom. The first-order chi connectivity index (χ1) is 8.68. The van der Waals surface area contributed by atoms with Crippen LogP contribution in [0, 0.1) is 5.82 Å². The zero-order valence-corrected chi connectivity index (χ0v) is 9.39. The molecule has 0 aliphatic rings. The molecule has 0 aromatic carbocycles. The van der Waals surface area contributed by atoms with Gasteiger partial charge in [-0.2, -0.15) is 13.2 Å². The van der Waals surface area contributed by atoms with Crippen LogP contribution in [-0.4, -0.2) is 17.6 Å². The van der Waals surface area contributed by atoms with Gasteiger partial charge in [0.15, 0.2) is 5.69 Å². The van der Waals surface area contributed by atoms with Crippen LogP contribution in [0.4, 0.5) is 26.3 Å². The van der Waals surface area contributed by atoms with Crippen LogP contribution < -0.4 is 0 Å². The van der Waals surface area contributed by atoms with E-state index in [0.29, 0.717) is 0 Å². The molecule has 0 atom stereocenters. The fourth-order valence-electron chi connectivity index (χ4n) is 1.26. The molecule has 19 heavy (non-hydrogen) atoms. The molecule has 0 radical (unpaired) electrons. The van der Waals surface area contributed by atoms with Gasteiger partial charge in [-0.15, -0.1) is 0 Å². The number of halogens is 6. The lowest BCUT2D eigenvalue weighted by Gasteiger charge is -2.13.